The van der Waals surface area contributed by atoms with Crippen LogP contribution in [0, 0.1) is 121 Å². The van der Waals surface area contributed by atoms with Crippen molar-refractivity contribution in [2.75, 3.05) is 21.8 Å². The first-order valence-corrected chi connectivity index (χ1v) is 36.7. The number of ether oxygens (including phenoxy) is 4. The molecule has 0 aromatic heterocycles. The second-order valence-corrected chi connectivity index (χ2v) is 28.8. The van der Waals surface area contributed by atoms with Gasteiger partial charge in [0.15, 0.2) is 23.0 Å². The van der Waals surface area contributed by atoms with Crippen LogP contribution in [-0.2, 0) is 10.8 Å². The number of carbonyl (C=O) groups excluding carboxylic acids is 1. The third-order valence-electron chi connectivity index (χ3n) is 18.6. The van der Waals surface area contributed by atoms with Crippen LogP contribution in [0.5, 0.6) is 40.2 Å². The molecule has 0 radical (unpaired) electrons. The van der Waals surface area contributed by atoms with E-state index in [1.54, 1.807) is 116 Å². The maximum atomic E-state index is 12.4. The lowest BCUT2D eigenvalue weighted by molar-refractivity contribution is -0.404. The van der Waals surface area contributed by atoms with E-state index in [4.69, 9.17) is 18.9 Å². The number of para-hydroxylation sites is 5. The van der Waals surface area contributed by atoms with Crippen molar-refractivity contribution in [3.63, 3.8) is 0 Å². The topological polar surface area (TPSA) is 581 Å². The Labute approximate surface area is 713 Å². The number of rotatable bonds is 29. The van der Waals surface area contributed by atoms with Crippen molar-refractivity contribution in [2.24, 2.45) is 0 Å². The summed E-state index contributed by atoms with van der Waals surface area (Å²) in [6.07, 6.45) is 0. The number of hydrogen-bond acceptors (Lipinski definition) is 32. The van der Waals surface area contributed by atoms with Crippen LogP contribution in [0.3, 0.4) is 0 Å². The number of Topliss-reactive ketones (excluding diaryl/α,β-unsaturated/α-hetero) is 1. The second kappa shape index (κ2) is 38.0. The second-order valence-electron chi connectivity index (χ2n) is 28.8. The zero-order chi connectivity index (χ0) is 93.0. The highest BCUT2D eigenvalue weighted by Crippen LogP contribution is 2.55. The SMILES string of the molecule is CC(=O)c1ccc(N(c2ccccc2)c2cc(C(C)(C)C)ccc2Oc2c([N+](=O)[O-])cc([N+](=O)[O-])cc2[N+](=O)[O-])cc1.CC(C)(C)c1ccc(Oc2c([N+](=O)[O-])cc([N+](=O)[O-])cc2[N+](=O)[O-])c(N(c2ccccc2)c2c([N+](=O)[O-])cc([N+](=O)[O-])cc2[N+](=O)[O-])c1.COc1ccc(N(c2ccccc2)c2ccccc2Oc2c([N+](=O)[O-])cc([N+](=O)[O-])cc2[N+](=O)[O-])cc1. The molecule has 0 saturated carbocycles. The van der Waals surface area contributed by atoms with Gasteiger partial charge in [-0.15, -0.1) is 0 Å². The highest BCUT2D eigenvalue weighted by Gasteiger charge is 2.41. The number of carbonyl (C=O) groups is 1. The molecule has 12 aromatic rings. The van der Waals surface area contributed by atoms with Crippen molar-refractivity contribution in [1.29, 1.82) is 0 Å². The fourth-order valence-corrected chi connectivity index (χ4v) is 12.5. The van der Waals surface area contributed by atoms with E-state index >= 15 is 0 Å². The molecule has 0 saturated heterocycles. The third kappa shape index (κ3) is 20.8. The number of nitro benzene ring substituents is 12. The van der Waals surface area contributed by atoms with Crippen molar-refractivity contribution in [3.05, 3.63) is 387 Å². The third-order valence-corrected chi connectivity index (χ3v) is 18.6. The number of nitro groups is 12. The molecule has 0 fully saturated rings. The molecule has 0 aliphatic carbocycles. The molecule has 646 valence electrons. The monoisotopic (exact) mass is 1740 g/mol. The maximum absolute atomic E-state index is 12.4. The van der Waals surface area contributed by atoms with Crippen LogP contribution >= 0.6 is 0 Å². The molecule has 0 spiro atoms. The minimum atomic E-state index is -1.18. The fraction of sp³-hybridized carbons (Fsp3) is 0.120. The molecule has 12 aromatic carbocycles. The summed E-state index contributed by atoms with van der Waals surface area (Å²) in [5, 5.41) is 142. The molecule has 0 amide bonds. The number of anilines is 9. The number of ketones is 1. The van der Waals surface area contributed by atoms with Gasteiger partial charge in [-0.25, -0.2) is 0 Å². The van der Waals surface area contributed by atoms with E-state index < -0.39 is 161 Å². The molecule has 127 heavy (non-hydrogen) atoms. The van der Waals surface area contributed by atoms with Crippen LogP contribution in [0.25, 0.3) is 0 Å². The van der Waals surface area contributed by atoms with Crippen LogP contribution in [0.1, 0.15) is 70.0 Å². The van der Waals surface area contributed by atoms with Crippen LogP contribution in [0.4, 0.5) is 119 Å². The average Bonchev–Trinajstić information content (AvgIpc) is 0.959. The van der Waals surface area contributed by atoms with Gasteiger partial charge in [0.05, 0.1) is 132 Å². The van der Waals surface area contributed by atoms with Crippen molar-refractivity contribution >= 4 is 125 Å². The lowest BCUT2D eigenvalue weighted by atomic mass is 9.86. The largest absolute Gasteiger partial charge is 0.497 e. The number of methoxy groups -OCH3 is 1. The Bertz CT molecular complexity index is 6280. The summed E-state index contributed by atoms with van der Waals surface area (Å²) in [6.45, 7) is 12.7. The van der Waals surface area contributed by atoms with Crippen molar-refractivity contribution in [1.82, 2.24) is 0 Å². The van der Waals surface area contributed by atoms with Gasteiger partial charge in [0.25, 0.3) is 40.0 Å². The first-order valence-electron chi connectivity index (χ1n) is 36.7. The first kappa shape index (κ1) is 91.0. The first-order chi connectivity index (χ1) is 60.0. The molecule has 44 heteroatoms. The minimum Gasteiger partial charge on any atom is -0.497 e. The molecule has 0 unspecified atom stereocenters. The highest BCUT2D eigenvalue weighted by molar-refractivity contribution is 5.95. The lowest BCUT2D eigenvalue weighted by Crippen LogP contribution is -2.17. The van der Waals surface area contributed by atoms with Crippen LogP contribution in [0.15, 0.2) is 249 Å². The zero-order valence-corrected chi connectivity index (χ0v) is 67.2. The van der Waals surface area contributed by atoms with Gasteiger partial charge in [0.2, 0.25) is 5.69 Å². The van der Waals surface area contributed by atoms with E-state index in [0.29, 0.717) is 99.5 Å². The Kier molecular flexibility index (Phi) is 27.2. The predicted octanol–water partition coefficient (Wildman–Crippen LogP) is 22.6. The lowest BCUT2D eigenvalue weighted by Gasteiger charge is -2.29. The van der Waals surface area contributed by atoms with E-state index in [-0.39, 0.29) is 34.1 Å². The number of hydrogen-bond donors (Lipinski definition) is 0. The smallest absolute Gasteiger partial charge is 0.325 e. The van der Waals surface area contributed by atoms with E-state index in [1.165, 1.54) is 62.6 Å². The molecule has 0 heterocycles. The number of nitrogens with zero attached hydrogens (tertiary/aromatic N) is 15. The van der Waals surface area contributed by atoms with Gasteiger partial charge in [0, 0.05) is 34.0 Å². The molecule has 0 atom stereocenters. The zero-order valence-electron chi connectivity index (χ0n) is 67.2. The molecule has 0 bridgehead atoms. The van der Waals surface area contributed by atoms with Gasteiger partial charge in [0.1, 0.15) is 5.75 Å². The van der Waals surface area contributed by atoms with Gasteiger partial charge in [-0.1, -0.05) is 120 Å². The van der Waals surface area contributed by atoms with E-state index in [1.807, 2.05) is 87.5 Å². The Balaban J connectivity index is 0.000000200. The van der Waals surface area contributed by atoms with Gasteiger partial charge < -0.3 is 28.7 Å². The van der Waals surface area contributed by atoms with Gasteiger partial charge in [-0.3, -0.25) is 131 Å². The van der Waals surface area contributed by atoms with Crippen molar-refractivity contribution in [3.8, 4) is 40.2 Å². The maximum Gasteiger partial charge on any atom is 0.325 e. The van der Waals surface area contributed by atoms with E-state index in [9.17, 15) is 126 Å². The van der Waals surface area contributed by atoms with Gasteiger partial charge in [-0.05, 0) is 150 Å². The molecule has 0 aliphatic rings. The van der Waals surface area contributed by atoms with Crippen LogP contribution < -0.4 is 33.6 Å². The molecule has 0 N–H and O–H groups in total. The summed E-state index contributed by atoms with van der Waals surface area (Å²) in [6, 6.07) is 59.3. The van der Waals surface area contributed by atoms with E-state index in [0.717, 1.165) is 10.5 Å². The molecule has 44 nitrogen and oxygen atoms in total. The van der Waals surface area contributed by atoms with Crippen LogP contribution in [-0.4, -0.2) is 72.0 Å². The Hall–Kier alpha value is -18.3. The quantitative estimate of drug-likeness (QED) is 0.0239. The Morgan fingerprint density at radius 2 is 0.528 bits per heavy atom. The van der Waals surface area contributed by atoms with Gasteiger partial charge >= 0.3 is 45.5 Å². The Morgan fingerprint density at radius 3 is 0.811 bits per heavy atom. The summed E-state index contributed by atoms with van der Waals surface area (Å²) in [5.41, 5.74) is -8.64. The van der Waals surface area contributed by atoms with Crippen molar-refractivity contribution < 1.29 is 82.8 Å². The highest BCUT2D eigenvalue weighted by atomic mass is 16.7. The number of benzene rings is 12. The standard InChI is InChI=1S/C30H26N4O8.C28H21N7O13.C25H18N4O8/c1-19(35)20-10-13-23(14-11-20)31(22-8-6-5-7-9-22)25-16-21(30(2,3)4)12-15-28(25)42-29-26(33(38)39)17-24(32(36)37)18-27(29)34(40)41;1-28(2,3)16-9-10-25(48-27-23(34(44)45)14-19(31(38)39)15-24(27)35(46)47)20(11-16)29(17-7-5-4-6-8-17)26-21(32(40)41)12-18(30(36)37)13-22(26)33(42)43;1-36-20-13-11-18(12-14-20)26(17-7-3-2-4-8-17)21-9-5-6-10-24(21)37-25-22(28(32)33)15-19(27(30)31)16-23(25)29(34)35/h5-18H,1-4H3;4-15H,1-3H3;2-16H,1H3. The summed E-state index contributed by atoms with van der Waals surface area (Å²) in [7, 11) is 1.54. The van der Waals surface area contributed by atoms with E-state index in [2.05, 4.69) is 0 Å². The summed E-state index contributed by atoms with van der Waals surface area (Å²) < 4.78 is 22.8. The molecule has 0 aliphatic heterocycles. The van der Waals surface area contributed by atoms with Crippen molar-refractivity contribution in [2.45, 2.75) is 59.3 Å². The summed E-state index contributed by atoms with van der Waals surface area (Å²) in [5.74, 6) is -2.45. The number of non-ortho nitro benzene ring substituents is 4. The predicted molar refractivity (Wildman–Crippen MR) is 457 cm³/mol. The summed E-state index contributed by atoms with van der Waals surface area (Å²) >= 11 is 0. The average molecular weight is 1740 g/mol. The van der Waals surface area contributed by atoms with Crippen LogP contribution in [0.2, 0.25) is 0 Å². The molecular formula is C83H65N15O29. The molecular weight excluding hydrogens is 1670 g/mol. The normalized spacial score (nSPS) is 10.8. The Morgan fingerprint density at radius 1 is 0.276 bits per heavy atom. The summed E-state index contributed by atoms with van der Waals surface area (Å²) in [4.78, 5) is 146. The molecule has 12 rings (SSSR count). The minimum absolute atomic E-state index is 0.00108. The fourth-order valence-electron chi connectivity index (χ4n) is 12.5. The van der Waals surface area contributed by atoms with Gasteiger partial charge in [-0.2, -0.15) is 0 Å².